The lowest BCUT2D eigenvalue weighted by molar-refractivity contribution is 0.134. The molecule has 0 fully saturated rings. The van der Waals surface area contributed by atoms with Crippen molar-refractivity contribution in [2.24, 2.45) is 4.99 Å². The molecule has 2 rings (SSSR count). The summed E-state index contributed by atoms with van der Waals surface area (Å²) < 4.78 is 10.9. The summed E-state index contributed by atoms with van der Waals surface area (Å²) in [6.45, 7) is 6.81. The van der Waals surface area contributed by atoms with Crippen LogP contribution in [0, 0.1) is 6.92 Å². The Morgan fingerprint density at radius 3 is 2.30 bits per heavy atom. The highest BCUT2D eigenvalue weighted by molar-refractivity contribution is 14.0. The van der Waals surface area contributed by atoms with Gasteiger partial charge in [-0.2, -0.15) is 0 Å². The Hall–Kier alpha value is -1.80. The SMILES string of the molecule is CCOCc1ccc(CNC(=NC)NCc2ccc(C)cc2OC)cc1.I. The fraction of sp³-hybridized carbons (Fsp3) is 0.381. The molecule has 148 valence electrons. The molecule has 0 aliphatic carbocycles. The Labute approximate surface area is 179 Å². The molecule has 5 nitrogen and oxygen atoms in total. The van der Waals surface area contributed by atoms with Crippen molar-refractivity contribution in [3.05, 3.63) is 64.7 Å². The lowest BCUT2D eigenvalue weighted by Crippen LogP contribution is -2.36. The van der Waals surface area contributed by atoms with E-state index in [0.717, 1.165) is 23.9 Å². The first-order valence-corrected chi connectivity index (χ1v) is 8.89. The molecule has 2 N–H and O–H groups in total. The first kappa shape index (κ1) is 23.2. The van der Waals surface area contributed by atoms with E-state index in [2.05, 4.69) is 58.9 Å². The molecule has 0 aliphatic rings. The van der Waals surface area contributed by atoms with E-state index in [4.69, 9.17) is 9.47 Å². The van der Waals surface area contributed by atoms with E-state index in [0.29, 0.717) is 19.7 Å². The largest absolute Gasteiger partial charge is 0.496 e. The van der Waals surface area contributed by atoms with Crippen LogP contribution in [-0.2, 0) is 24.4 Å². The van der Waals surface area contributed by atoms with Gasteiger partial charge in [0.1, 0.15) is 5.75 Å². The van der Waals surface area contributed by atoms with Gasteiger partial charge in [0.15, 0.2) is 5.96 Å². The zero-order valence-corrected chi connectivity index (χ0v) is 18.9. The van der Waals surface area contributed by atoms with E-state index in [1.807, 2.05) is 13.0 Å². The number of nitrogens with zero attached hydrogens (tertiary/aromatic N) is 1. The third-order valence-electron chi connectivity index (χ3n) is 4.07. The summed E-state index contributed by atoms with van der Waals surface area (Å²) in [6, 6.07) is 14.6. The van der Waals surface area contributed by atoms with Crippen LogP contribution in [0.1, 0.15) is 29.2 Å². The highest BCUT2D eigenvalue weighted by atomic mass is 127. The molecule has 0 amide bonds. The molecule has 2 aromatic carbocycles. The lowest BCUT2D eigenvalue weighted by atomic mass is 10.1. The van der Waals surface area contributed by atoms with Gasteiger partial charge >= 0.3 is 0 Å². The maximum absolute atomic E-state index is 5.45. The molecule has 0 aliphatic heterocycles. The third-order valence-corrected chi connectivity index (χ3v) is 4.07. The van der Waals surface area contributed by atoms with Gasteiger partial charge in [0.05, 0.1) is 13.7 Å². The molecule has 27 heavy (non-hydrogen) atoms. The molecule has 0 bridgehead atoms. The van der Waals surface area contributed by atoms with Crippen LogP contribution in [0.2, 0.25) is 0 Å². The predicted molar refractivity (Wildman–Crippen MR) is 122 cm³/mol. The van der Waals surface area contributed by atoms with Gasteiger partial charge < -0.3 is 20.1 Å². The van der Waals surface area contributed by atoms with Crippen LogP contribution >= 0.6 is 24.0 Å². The van der Waals surface area contributed by atoms with E-state index in [9.17, 15) is 0 Å². The van der Waals surface area contributed by atoms with Gasteiger partial charge in [0.2, 0.25) is 0 Å². The molecule has 0 atom stereocenters. The fourth-order valence-corrected chi connectivity index (χ4v) is 2.56. The molecule has 2 aromatic rings. The topological polar surface area (TPSA) is 54.9 Å². The van der Waals surface area contributed by atoms with E-state index < -0.39 is 0 Å². The molecule has 0 saturated heterocycles. The predicted octanol–water partition coefficient (Wildman–Crippen LogP) is 4.02. The van der Waals surface area contributed by atoms with E-state index in [1.54, 1.807) is 14.2 Å². The molecule has 0 heterocycles. The number of ether oxygens (including phenoxy) is 2. The van der Waals surface area contributed by atoms with Gasteiger partial charge in [-0.3, -0.25) is 4.99 Å². The molecular formula is C21H30IN3O2. The van der Waals surface area contributed by atoms with E-state index in [-0.39, 0.29) is 24.0 Å². The highest BCUT2D eigenvalue weighted by Gasteiger charge is 2.05. The van der Waals surface area contributed by atoms with Gasteiger partial charge in [-0.05, 0) is 36.6 Å². The number of rotatable bonds is 8. The van der Waals surface area contributed by atoms with Crippen LogP contribution in [-0.4, -0.2) is 26.7 Å². The summed E-state index contributed by atoms with van der Waals surface area (Å²) in [6.07, 6.45) is 0. The van der Waals surface area contributed by atoms with Gasteiger partial charge in [0.25, 0.3) is 0 Å². The summed E-state index contributed by atoms with van der Waals surface area (Å²) >= 11 is 0. The molecule has 0 unspecified atom stereocenters. The molecular weight excluding hydrogens is 453 g/mol. The zero-order chi connectivity index (χ0) is 18.8. The Bertz CT molecular complexity index is 718. The fourth-order valence-electron chi connectivity index (χ4n) is 2.56. The van der Waals surface area contributed by atoms with Crippen molar-refractivity contribution < 1.29 is 9.47 Å². The molecule has 0 radical (unpaired) electrons. The summed E-state index contributed by atoms with van der Waals surface area (Å²) in [5.41, 5.74) is 4.66. The average Bonchev–Trinajstić information content (AvgIpc) is 2.68. The van der Waals surface area contributed by atoms with Crippen molar-refractivity contribution in [1.29, 1.82) is 0 Å². The highest BCUT2D eigenvalue weighted by Crippen LogP contribution is 2.19. The number of benzene rings is 2. The normalized spacial score (nSPS) is 10.9. The molecule has 0 aromatic heterocycles. The number of guanidine groups is 1. The van der Waals surface area contributed by atoms with Crippen LogP contribution in [0.3, 0.4) is 0 Å². The number of methoxy groups -OCH3 is 1. The van der Waals surface area contributed by atoms with Crippen LogP contribution in [0.5, 0.6) is 5.75 Å². The van der Waals surface area contributed by atoms with E-state index in [1.165, 1.54) is 16.7 Å². The van der Waals surface area contributed by atoms with Crippen molar-refractivity contribution in [2.75, 3.05) is 20.8 Å². The summed E-state index contributed by atoms with van der Waals surface area (Å²) in [7, 11) is 3.47. The van der Waals surface area contributed by atoms with Crippen molar-refractivity contribution in [3.8, 4) is 5.75 Å². The third kappa shape index (κ3) is 7.76. The smallest absolute Gasteiger partial charge is 0.191 e. The number of hydrogen-bond donors (Lipinski definition) is 2. The van der Waals surface area contributed by atoms with Crippen LogP contribution in [0.15, 0.2) is 47.5 Å². The average molecular weight is 483 g/mol. The summed E-state index contributed by atoms with van der Waals surface area (Å²) in [5, 5.41) is 6.66. The Morgan fingerprint density at radius 1 is 1.00 bits per heavy atom. The molecule has 0 saturated carbocycles. The van der Waals surface area contributed by atoms with Crippen molar-refractivity contribution in [2.45, 2.75) is 33.5 Å². The second-order valence-corrected chi connectivity index (χ2v) is 6.05. The van der Waals surface area contributed by atoms with Gasteiger partial charge in [-0.15, -0.1) is 24.0 Å². The van der Waals surface area contributed by atoms with Gasteiger partial charge in [-0.1, -0.05) is 36.4 Å². The minimum absolute atomic E-state index is 0. The monoisotopic (exact) mass is 483 g/mol. The molecule has 0 spiro atoms. The number of halogens is 1. The van der Waals surface area contributed by atoms with Crippen LogP contribution < -0.4 is 15.4 Å². The Kier molecular flexibility index (Phi) is 10.8. The zero-order valence-electron chi connectivity index (χ0n) is 16.5. The quantitative estimate of drug-likeness (QED) is 0.339. The number of aliphatic imine (C=N–C) groups is 1. The lowest BCUT2D eigenvalue weighted by Gasteiger charge is -2.14. The van der Waals surface area contributed by atoms with Crippen LogP contribution in [0.4, 0.5) is 0 Å². The standard InChI is InChI=1S/C21H29N3O2.HI/c1-5-26-15-18-9-7-17(8-10-18)13-23-21(22-3)24-14-19-11-6-16(2)12-20(19)25-4;/h6-12H,5,13-15H2,1-4H3,(H2,22,23,24);1H. The summed E-state index contributed by atoms with van der Waals surface area (Å²) in [5.74, 6) is 1.64. The summed E-state index contributed by atoms with van der Waals surface area (Å²) in [4.78, 5) is 4.28. The minimum Gasteiger partial charge on any atom is -0.496 e. The van der Waals surface area contributed by atoms with E-state index >= 15 is 0 Å². The number of aryl methyl sites for hydroxylation is 1. The van der Waals surface area contributed by atoms with Crippen LogP contribution in [0.25, 0.3) is 0 Å². The Morgan fingerprint density at radius 2 is 1.67 bits per heavy atom. The Balaban J connectivity index is 0.00000364. The minimum atomic E-state index is 0. The first-order valence-electron chi connectivity index (χ1n) is 8.89. The van der Waals surface area contributed by atoms with Crippen molar-refractivity contribution in [1.82, 2.24) is 10.6 Å². The number of nitrogens with one attached hydrogen (secondary N) is 2. The van der Waals surface area contributed by atoms with Crippen molar-refractivity contribution >= 4 is 29.9 Å². The maximum Gasteiger partial charge on any atom is 0.191 e. The number of hydrogen-bond acceptors (Lipinski definition) is 3. The van der Waals surface area contributed by atoms with Gasteiger partial charge in [0, 0.05) is 32.3 Å². The maximum atomic E-state index is 5.45. The first-order chi connectivity index (χ1) is 12.7. The molecule has 6 heteroatoms. The second kappa shape index (κ2) is 12.6. The van der Waals surface area contributed by atoms with Crippen molar-refractivity contribution in [3.63, 3.8) is 0 Å². The van der Waals surface area contributed by atoms with Gasteiger partial charge in [-0.25, -0.2) is 0 Å². The second-order valence-electron chi connectivity index (χ2n) is 6.05.